The SMILES string of the molecule is COc1ccc(CCCC(=O)NC2CCCCCCC2)cc1. The zero-order chi connectivity index (χ0) is 15.6. The molecule has 1 N–H and O–H groups in total. The summed E-state index contributed by atoms with van der Waals surface area (Å²) < 4.78 is 5.15. The number of rotatable bonds is 6. The van der Waals surface area contributed by atoms with E-state index in [2.05, 4.69) is 17.4 Å². The van der Waals surface area contributed by atoms with Crippen LogP contribution in [0.2, 0.25) is 0 Å². The van der Waals surface area contributed by atoms with Crippen molar-refractivity contribution in [1.29, 1.82) is 0 Å². The first kappa shape index (κ1) is 16.9. The normalized spacial score (nSPS) is 16.6. The van der Waals surface area contributed by atoms with Crippen molar-refractivity contribution >= 4 is 5.91 Å². The van der Waals surface area contributed by atoms with Gasteiger partial charge >= 0.3 is 0 Å². The molecule has 0 unspecified atom stereocenters. The van der Waals surface area contributed by atoms with Gasteiger partial charge in [-0.05, 0) is 43.4 Å². The van der Waals surface area contributed by atoms with Crippen molar-refractivity contribution in [3.8, 4) is 5.75 Å². The van der Waals surface area contributed by atoms with Gasteiger partial charge in [-0.15, -0.1) is 0 Å². The second kappa shape index (κ2) is 9.50. The van der Waals surface area contributed by atoms with Crippen molar-refractivity contribution in [1.82, 2.24) is 5.32 Å². The number of amides is 1. The molecule has 0 saturated heterocycles. The standard InChI is InChI=1S/C19H29NO2/c1-22-18-14-12-16(13-15-18)8-7-11-19(21)20-17-9-5-3-2-4-6-10-17/h12-15,17H,2-11H2,1H3,(H,20,21). The molecule has 1 amide bonds. The Morgan fingerprint density at radius 2 is 1.73 bits per heavy atom. The van der Waals surface area contributed by atoms with Crippen LogP contribution in [-0.2, 0) is 11.2 Å². The lowest BCUT2D eigenvalue weighted by molar-refractivity contribution is -0.122. The van der Waals surface area contributed by atoms with Gasteiger partial charge in [-0.3, -0.25) is 4.79 Å². The van der Waals surface area contributed by atoms with Crippen molar-refractivity contribution in [3.63, 3.8) is 0 Å². The topological polar surface area (TPSA) is 38.3 Å². The zero-order valence-corrected chi connectivity index (χ0v) is 13.8. The number of carbonyl (C=O) groups excluding carboxylic acids is 1. The molecule has 1 saturated carbocycles. The highest BCUT2D eigenvalue weighted by Gasteiger charge is 2.13. The van der Waals surface area contributed by atoms with Crippen LogP contribution >= 0.6 is 0 Å². The largest absolute Gasteiger partial charge is 0.497 e. The Kier molecular flexibility index (Phi) is 7.27. The Bertz CT molecular complexity index is 433. The number of hydrogen-bond acceptors (Lipinski definition) is 2. The first-order chi connectivity index (χ1) is 10.8. The molecule has 0 aliphatic heterocycles. The third-order valence-electron chi connectivity index (χ3n) is 4.50. The molecule has 22 heavy (non-hydrogen) atoms. The molecule has 3 nitrogen and oxygen atoms in total. The molecular formula is C19H29NO2. The van der Waals surface area contributed by atoms with E-state index in [1.165, 1.54) is 37.7 Å². The molecule has 0 radical (unpaired) electrons. The van der Waals surface area contributed by atoms with Crippen molar-refractivity contribution in [3.05, 3.63) is 29.8 Å². The second-order valence-electron chi connectivity index (χ2n) is 6.31. The summed E-state index contributed by atoms with van der Waals surface area (Å²) in [5.74, 6) is 1.10. The third kappa shape index (κ3) is 6.08. The van der Waals surface area contributed by atoms with Crippen LogP contribution in [0.25, 0.3) is 0 Å². The van der Waals surface area contributed by atoms with E-state index in [-0.39, 0.29) is 5.91 Å². The minimum Gasteiger partial charge on any atom is -0.497 e. The first-order valence-corrected chi connectivity index (χ1v) is 8.70. The summed E-state index contributed by atoms with van der Waals surface area (Å²) in [6, 6.07) is 8.51. The number of hydrogen-bond donors (Lipinski definition) is 1. The molecule has 0 spiro atoms. The second-order valence-corrected chi connectivity index (χ2v) is 6.31. The highest BCUT2D eigenvalue weighted by molar-refractivity contribution is 5.76. The number of aryl methyl sites for hydroxylation is 1. The van der Waals surface area contributed by atoms with E-state index < -0.39 is 0 Å². The predicted octanol–water partition coefficient (Wildman–Crippen LogP) is 4.25. The van der Waals surface area contributed by atoms with Gasteiger partial charge in [-0.1, -0.05) is 44.2 Å². The van der Waals surface area contributed by atoms with E-state index in [0.29, 0.717) is 12.5 Å². The Morgan fingerprint density at radius 3 is 2.36 bits per heavy atom. The lowest BCUT2D eigenvalue weighted by Gasteiger charge is -2.21. The van der Waals surface area contributed by atoms with Gasteiger partial charge in [0, 0.05) is 12.5 Å². The fourth-order valence-electron chi connectivity index (χ4n) is 3.15. The van der Waals surface area contributed by atoms with E-state index in [4.69, 9.17) is 4.74 Å². The zero-order valence-electron chi connectivity index (χ0n) is 13.8. The van der Waals surface area contributed by atoms with Crippen LogP contribution < -0.4 is 10.1 Å². The van der Waals surface area contributed by atoms with Gasteiger partial charge in [0.2, 0.25) is 5.91 Å². The van der Waals surface area contributed by atoms with Crippen LogP contribution in [0.5, 0.6) is 5.75 Å². The van der Waals surface area contributed by atoms with E-state index >= 15 is 0 Å². The molecule has 0 atom stereocenters. The summed E-state index contributed by atoms with van der Waals surface area (Å²) in [6.45, 7) is 0. The summed E-state index contributed by atoms with van der Waals surface area (Å²) in [6.07, 6.45) is 11.3. The molecule has 0 heterocycles. The number of nitrogens with one attached hydrogen (secondary N) is 1. The van der Waals surface area contributed by atoms with Gasteiger partial charge in [-0.2, -0.15) is 0 Å². The molecule has 1 aliphatic carbocycles. The highest BCUT2D eigenvalue weighted by Crippen LogP contribution is 2.17. The highest BCUT2D eigenvalue weighted by atomic mass is 16.5. The maximum atomic E-state index is 12.1. The molecule has 122 valence electrons. The Morgan fingerprint density at radius 1 is 1.09 bits per heavy atom. The average molecular weight is 303 g/mol. The molecule has 1 fully saturated rings. The van der Waals surface area contributed by atoms with Crippen molar-refractivity contribution < 1.29 is 9.53 Å². The van der Waals surface area contributed by atoms with Gasteiger partial charge in [0.15, 0.2) is 0 Å². The van der Waals surface area contributed by atoms with Gasteiger partial charge in [0.1, 0.15) is 5.75 Å². The van der Waals surface area contributed by atoms with Crippen LogP contribution in [-0.4, -0.2) is 19.1 Å². The smallest absolute Gasteiger partial charge is 0.220 e. The summed E-state index contributed by atoms with van der Waals surface area (Å²) in [7, 11) is 1.68. The lowest BCUT2D eigenvalue weighted by atomic mass is 9.96. The predicted molar refractivity (Wildman–Crippen MR) is 90.2 cm³/mol. The number of methoxy groups -OCH3 is 1. The van der Waals surface area contributed by atoms with Crippen molar-refractivity contribution in [2.45, 2.75) is 70.3 Å². The van der Waals surface area contributed by atoms with Crippen LogP contribution in [0.15, 0.2) is 24.3 Å². The number of ether oxygens (including phenoxy) is 1. The Labute approximate surface area is 134 Å². The summed E-state index contributed by atoms with van der Waals surface area (Å²) >= 11 is 0. The molecule has 3 heteroatoms. The van der Waals surface area contributed by atoms with Gasteiger partial charge in [-0.25, -0.2) is 0 Å². The van der Waals surface area contributed by atoms with E-state index in [1.54, 1.807) is 7.11 Å². The number of carbonyl (C=O) groups is 1. The fraction of sp³-hybridized carbons (Fsp3) is 0.632. The van der Waals surface area contributed by atoms with Crippen molar-refractivity contribution in [2.75, 3.05) is 7.11 Å². The lowest BCUT2D eigenvalue weighted by Crippen LogP contribution is -2.35. The molecular weight excluding hydrogens is 274 g/mol. The molecule has 1 aromatic carbocycles. The first-order valence-electron chi connectivity index (χ1n) is 8.70. The number of benzene rings is 1. The van der Waals surface area contributed by atoms with Gasteiger partial charge < -0.3 is 10.1 Å². The van der Waals surface area contributed by atoms with Crippen LogP contribution in [0, 0.1) is 0 Å². The molecule has 0 bridgehead atoms. The van der Waals surface area contributed by atoms with Crippen LogP contribution in [0.1, 0.15) is 63.4 Å². The minimum absolute atomic E-state index is 0.221. The fourth-order valence-corrected chi connectivity index (χ4v) is 3.15. The maximum absolute atomic E-state index is 12.1. The quantitative estimate of drug-likeness (QED) is 0.853. The Balaban J connectivity index is 1.65. The Hall–Kier alpha value is -1.51. The minimum atomic E-state index is 0.221. The molecule has 2 rings (SSSR count). The van der Waals surface area contributed by atoms with E-state index in [9.17, 15) is 4.79 Å². The summed E-state index contributed by atoms with van der Waals surface area (Å²) in [5, 5.41) is 3.23. The van der Waals surface area contributed by atoms with Gasteiger partial charge in [0.25, 0.3) is 0 Å². The average Bonchev–Trinajstić information content (AvgIpc) is 2.50. The summed E-state index contributed by atoms with van der Waals surface area (Å²) in [4.78, 5) is 12.1. The van der Waals surface area contributed by atoms with E-state index in [1.807, 2.05) is 12.1 Å². The third-order valence-corrected chi connectivity index (χ3v) is 4.50. The van der Waals surface area contributed by atoms with Crippen LogP contribution in [0.4, 0.5) is 0 Å². The molecule has 1 aliphatic rings. The monoisotopic (exact) mass is 303 g/mol. The van der Waals surface area contributed by atoms with Gasteiger partial charge in [0.05, 0.1) is 7.11 Å². The molecule has 1 aromatic rings. The molecule has 0 aromatic heterocycles. The van der Waals surface area contributed by atoms with Crippen LogP contribution in [0.3, 0.4) is 0 Å². The maximum Gasteiger partial charge on any atom is 0.220 e. The summed E-state index contributed by atoms with van der Waals surface area (Å²) in [5.41, 5.74) is 1.26. The van der Waals surface area contributed by atoms with Crippen molar-refractivity contribution in [2.24, 2.45) is 0 Å². The van der Waals surface area contributed by atoms with E-state index in [0.717, 1.165) is 31.4 Å².